The lowest BCUT2D eigenvalue weighted by Gasteiger charge is -2.12. The number of hydrogen-bond donors (Lipinski definition) is 0. The molecule has 294 valence electrons. The Bertz CT molecular complexity index is 3900. The SMILES string of the molecule is c1ccc(-c2nc(-c3ccc(-c4ccc5c(c4)oc4ccccc45)cc3)nc(-c3cccc4oc5ccc(-c6cccc7c8ccccc8n(-c8ccccc8)c67)cc5c34)n2)cc1. The predicted molar refractivity (Wildman–Crippen MR) is 256 cm³/mol. The molecule has 0 bridgehead atoms. The molecule has 4 heterocycles. The molecule has 0 N–H and O–H groups in total. The van der Waals surface area contributed by atoms with E-state index in [0.717, 1.165) is 94.0 Å². The van der Waals surface area contributed by atoms with E-state index in [2.05, 4.69) is 150 Å². The number of aromatic nitrogens is 4. The van der Waals surface area contributed by atoms with Gasteiger partial charge in [-0.05, 0) is 71.3 Å². The van der Waals surface area contributed by atoms with Crippen molar-refractivity contribution in [2.45, 2.75) is 0 Å². The van der Waals surface area contributed by atoms with Crippen molar-refractivity contribution >= 4 is 65.7 Å². The number of fused-ring (bicyclic) bond motifs is 9. The second kappa shape index (κ2) is 14.0. The molecule has 0 unspecified atom stereocenters. The van der Waals surface area contributed by atoms with Crippen LogP contribution in [0.3, 0.4) is 0 Å². The molecule has 9 aromatic carbocycles. The maximum atomic E-state index is 6.58. The Hall–Kier alpha value is -8.61. The van der Waals surface area contributed by atoms with Crippen molar-refractivity contribution in [2.24, 2.45) is 0 Å². The smallest absolute Gasteiger partial charge is 0.164 e. The normalized spacial score (nSPS) is 11.8. The van der Waals surface area contributed by atoms with Gasteiger partial charge >= 0.3 is 0 Å². The molecule has 0 aliphatic carbocycles. The molecule has 63 heavy (non-hydrogen) atoms. The van der Waals surface area contributed by atoms with Gasteiger partial charge in [0.2, 0.25) is 0 Å². The number of furan rings is 2. The minimum atomic E-state index is 0.572. The first kappa shape index (κ1) is 35.2. The van der Waals surface area contributed by atoms with Crippen LogP contribution in [0.25, 0.3) is 128 Å². The van der Waals surface area contributed by atoms with Crippen molar-refractivity contribution in [3.8, 4) is 62.1 Å². The molecular formula is C57H34N4O2. The molecular weight excluding hydrogens is 773 g/mol. The average Bonchev–Trinajstić information content (AvgIpc) is 4.03. The van der Waals surface area contributed by atoms with Crippen LogP contribution >= 0.6 is 0 Å². The van der Waals surface area contributed by atoms with E-state index < -0.39 is 0 Å². The molecule has 6 nitrogen and oxygen atoms in total. The van der Waals surface area contributed by atoms with Gasteiger partial charge in [0.1, 0.15) is 22.3 Å². The summed E-state index contributed by atoms with van der Waals surface area (Å²) in [7, 11) is 0. The third-order valence-corrected chi connectivity index (χ3v) is 12.3. The molecule has 4 aromatic heterocycles. The molecule has 13 rings (SSSR count). The molecule has 6 heteroatoms. The van der Waals surface area contributed by atoms with Gasteiger partial charge in [0.15, 0.2) is 17.5 Å². The lowest BCUT2D eigenvalue weighted by atomic mass is 9.98. The van der Waals surface area contributed by atoms with Gasteiger partial charge in [-0.25, -0.2) is 15.0 Å². The Labute approximate surface area is 361 Å². The molecule has 0 amide bonds. The summed E-state index contributed by atoms with van der Waals surface area (Å²) in [6.07, 6.45) is 0. The van der Waals surface area contributed by atoms with E-state index in [0.29, 0.717) is 17.5 Å². The Balaban J connectivity index is 0.960. The number of nitrogens with zero attached hydrogens (tertiary/aromatic N) is 4. The van der Waals surface area contributed by atoms with Crippen LogP contribution in [0.4, 0.5) is 0 Å². The first-order chi connectivity index (χ1) is 31.2. The molecule has 13 aromatic rings. The fourth-order valence-corrected chi connectivity index (χ4v) is 9.34. The first-order valence-corrected chi connectivity index (χ1v) is 21.1. The van der Waals surface area contributed by atoms with Crippen LogP contribution in [0.2, 0.25) is 0 Å². The molecule has 0 radical (unpaired) electrons. The van der Waals surface area contributed by atoms with E-state index >= 15 is 0 Å². The van der Waals surface area contributed by atoms with Crippen molar-refractivity contribution in [1.82, 2.24) is 19.5 Å². The summed E-state index contributed by atoms with van der Waals surface area (Å²) >= 11 is 0. The first-order valence-electron chi connectivity index (χ1n) is 21.1. The van der Waals surface area contributed by atoms with Crippen LogP contribution in [0.5, 0.6) is 0 Å². The minimum absolute atomic E-state index is 0.572. The monoisotopic (exact) mass is 806 g/mol. The number of para-hydroxylation sites is 4. The van der Waals surface area contributed by atoms with Gasteiger partial charge in [0.05, 0.1) is 11.0 Å². The molecule has 0 spiro atoms. The summed E-state index contributed by atoms with van der Waals surface area (Å²) in [6.45, 7) is 0. The van der Waals surface area contributed by atoms with Gasteiger partial charge in [-0.3, -0.25) is 0 Å². The quantitative estimate of drug-likeness (QED) is 0.167. The maximum Gasteiger partial charge on any atom is 0.164 e. The topological polar surface area (TPSA) is 69.9 Å². The van der Waals surface area contributed by atoms with E-state index in [1.807, 2.05) is 60.7 Å². The van der Waals surface area contributed by atoms with Crippen LogP contribution in [-0.4, -0.2) is 19.5 Å². The van der Waals surface area contributed by atoms with Gasteiger partial charge in [-0.2, -0.15) is 0 Å². The fourth-order valence-electron chi connectivity index (χ4n) is 9.34. The van der Waals surface area contributed by atoms with Crippen molar-refractivity contribution in [3.05, 3.63) is 206 Å². The number of rotatable bonds is 6. The standard InChI is InChI=1S/C57H34N4O2/c1-3-13-36(14-4-1)55-58-56(37-27-25-35(26-28-37)38-29-31-44-43-18-8-10-23-49(43)63-52(44)34-38)60-57(59-55)46-21-12-24-51-53(46)47-33-39(30-32-50(47)62-51)41-19-11-20-45-42-17-7-9-22-48(42)61(54(41)45)40-15-5-2-6-16-40/h1-34H. The zero-order valence-corrected chi connectivity index (χ0v) is 33.7. The molecule has 0 aliphatic rings. The summed E-state index contributed by atoms with van der Waals surface area (Å²) in [5.41, 5.74) is 13.8. The zero-order valence-electron chi connectivity index (χ0n) is 33.7. The highest BCUT2D eigenvalue weighted by Gasteiger charge is 2.21. The second-order valence-corrected chi connectivity index (χ2v) is 15.9. The zero-order chi connectivity index (χ0) is 41.4. The Morgan fingerprint density at radius 1 is 0.317 bits per heavy atom. The maximum absolute atomic E-state index is 6.58. The lowest BCUT2D eigenvalue weighted by molar-refractivity contribution is 0.668. The third-order valence-electron chi connectivity index (χ3n) is 12.3. The van der Waals surface area contributed by atoms with E-state index in [-0.39, 0.29) is 0 Å². The van der Waals surface area contributed by atoms with E-state index in [4.69, 9.17) is 23.8 Å². The minimum Gasteiger partial charge on any atom is -0.456 e. The van der Waals surface area contributed by atoms with E-state index in [9.17, 15) is 0 Å². The van der Waals surface area contributed by atoms with Crippen LogP contribution < -0.4 is 0 Å². The van der Waals surface area contributed by atoms with Crippen molar-refractivity contribution in [3.63, 3.8) is 0 Å². The summed E-state index contributed by atoms with van der Waals surface area (Å²) in [5, 5.41) is 6.60. The van der Waals surface area contributed by atoms with E-state index in [1.165, 1.54) is 16.3 Å². The number of benzene rings is 9. The summed E-state index contributed by atoms with van der Waals surface area (Å²) < 4.78 is 15.2. The summed E-state index contributed by atoms with van der Waals surface area (Å²) in [6, 6.07) is 71.6. The van der Waals surface area contributed by atoms with Gasteiger partial charge in [-0.1, -0.05) is 152 Å². The number of hydrogen-bond acceptors (Lipinski definition) is 5. The van der Waals surface area contributed by atoms with Crippen LogP contribution in [0, 0.1) is 0 Å². The highest BCUT2D eigenvalue weighted by molar-refractivity contribution is 6.16. The Morgan fingerprint density at radius 3 is 1.73 bits per heavy atom. The highest BCUT2D eigenvalue weighted by atomic mass is 16.3. The predicted octanol–water partition coefficient (Wildman–Crippen LogP) is 15.1. The van der Waals surface area contributed by atoms with Crippen LogP contribution in [0.15, 0.2) is 215 Å². The highest BCUT2D eigenvalue weighted by Crippen LogP contribution is 2.42. The summed E-state index contributed by atoms with van der Waals surface area (Å²) in [5.74, 6) is 1.76. The summed E-state index contributed by atoms with van der Waals surface area (Å²) in [4.78, 5) is 15.4. The van der Waals surface area contributed by atoms with Gasteiger partial charge in [0, 0.05) is 60.3 Å². The fraction of sp³-hybridized carbons (Fsp3) is 0. The average molecular weight is 807 g/mol. The molecule has 0 fully saturated rings. The van der Waals surface area contributed by atoms with Gasteiger partial charge in [-0.15, -0.1) is 0 Å². The van der Waals surface area contributed by atoms with Crippen LogP contribution in [0.1, 0.15) is 0 Å². The van der Waals surface area contributed by atoms with Gasteiger partial charge in [0.25, 0.3) is 0 Å². The molecule has 0 saturated carbocycles. The molecule has 0 atom stereocenters. The Kier molecular flexibility index (Phi) is 7.80. The van der Waals surface area contributed by atoms with Crippen molar-refractivity contribution in [2.75, 3.05) is 0 Å². The second-order valence-electron chi connectivity index (χ2n) is 15.9. The van der Waals surface area contributed by atoms with Gasteiger partial charge < -0.3 is 13.4 Å². The lowest BCUT2D eigenvalue weighted by Crippen LogP contribution is -2.00. The van der Waals surface area contributed by atoms with E-state index in [1.54, 1.807) is 0 Å². The van der Waals surface area contributed by atoms with Crippen LogP contribution in [-0.2, 0) is 0 Å². The van der Waals surface area contributed by atoms with Crippen molar-refractivity contribution < 1.29 is 8.83 Å². The largest absolute Gasteiger partial charge is 0.456 e. The molecule has 0 aliphatic heterocycles. The molecule has 0 saturated heterocycles. The Morgan fingerprint density at radius 2 is 0.889 bits per heavy atom. The van der Waals surface area contributed by atoms with Crippen molar-refractivity contribution in [1.29, 1.82) is 0 Å². The third kappa shape index (κ3) is 5.69.